The van der Waals surface area contributed by atoms with Gasteiger partial charge in [0.25, 0.3) is 5.92 Å². The molecule has 0 fully saturated rings. The molecule has 1 amide bonds. The highest BCUT2D eigenvalue weighted by molar-refractivity contribution is 6.30. The molecule has 0 radical (unpaired) electrons. The topological polar surface area (TPSA) is 81.0 Å². The number of alkyl halides is 2. The molecule has 8 heteroatoms. The highest BCUT2D eigenvalue weighted by Crippen LogP contribution is 2.47. The largest absolute Gasteiger partial charge is 0.465 e. The van der Waals surface area contributed by atoms with Crippen LogP contribution in [-0.4, -0.2) is 40.5 Å². The summed E-state index contributed by atoms with van der Waals surface area (Å²) >= 11 is 5.73. The van der Waals surface area contributed by atoms with Crippen LogP contribution in [0.4, 0.5) is 19.3 Å². The van der Waals surface area contributed by atoms with Crippen molar-refractivity contribution < 1.29 is 28.9 Å². The van der Waals surface area contributed by atoms with E-state index in [0.717, 1.165) is 6.07 Å². The monoisotopic (exact) mass is 307 g/mol. The predicted molar refractivity (Wildman–Crippen MR) is 67.4 cm³/mol. The molecule has 3 N–H and O–H groups in total. The third-order valence-corrected chi connectivity index (χ3v) is 3.64. The SMILES string of the molecule is O=C(O)N1CCC(F)(F)[C@](O)(CO)c2cc(Cl)ccc21. The lowest BCUT2D eigenvalue weighted by molar-refractivity contribution is -0.205. The minimum absolute atomic E-state index is 0.0543. The molecule has 2 rings (SSSR count). The summed E-state index contributed by atoms with van der Waals surface area (Å²) in [6.07, 6.45) is -2.34. The van der Waals surface area contributed by atoms with E-state index in [0.29, 0.717) is 4.90 Å². The van der Waals surface area contributed by atoms with Crippen LogP contribution in [0.25, 0.3) is 0 Å². The Balaban J connectivity index is 2.73. The van der Waals surface area contributed by atoms with Crippen LogP contribution >= 0.6 is 11.6 Å². The standard InChI is InChI=1S/C12H12ClF2NO4/c13-7-1-2-9-8(5-7)11(20,6-17)12(14,15)3-4-16(9)10(18)19/h1-2,5,17,20H,3-4,6H2,(H,18,19)/t11-/m0/s1. The van der Waals surface area contributed by atoms with Crippen LogP contribution in [0.1, 0.15) is 12.0 Å². The summed E-state index contributed by atoms with van der Waals surface area (Å²) in [6.45, 7) is -1.75. The van der Waals surface area contributed by atoms with Gasteiger partial charge < -0.3 is 15.3 Å². The Kier molecular flexibility index (Phi) is 3.62. The van der Waals surface area contributed by atoms with E-state index in [4.69, 9.17) is 16.7 Å². The van der Waals surface area contributed by atoms with Gasteiger partial charge in [-0.3, -0.25) is 4.90 Å². The minimum Gasteiger partial charge on any atom is -0.465 e. The van der Waals surface area contributed by atoms with Crippen molar-refractivity contribution in [1.29, 1.82) is 0 Å². The van der Waals surface area contributed by atoms with Gasteiger partial charge in [0.1, 0.15) is 0 Å². The van der Waals surface area contributed by atoms with Gasteiger partial charge in [-0.05, 0) is 18.2 Å². The number of hydrogen-bond donors (Lipinski definition) is 3. The number of benzene rings is 1. The molecule has 0 unspecified atom stereocenters. The van der Waals surface area contributed by atoms with Crippen molar-refractivity contribution in [3.8, 4) is 0 Å². The second kappa shape index (κ2) is 4.83. The second-order valence-corrected chi connectivity index (χ2v) is 5.00. The van der Waals surface area contributed by atoms with E-state index in [1.54, 1.807) is 0 Å². The van der Waals surface area contributed by atoms with Gasteiger partial charge in [-0.25, -0.2) is 13.6 Å². The summed E-state index contributed by atoms with van der Waals surface area (Å²) in [5.74, 6) is -3.69. The molecule has 0 aliphatic carbocycles. The Morgan fingerprint density at radius 2 is 2.10 bits per heavy atom. The molecule has 1 aliphatic heterocycles. The summed E-state index contributed by atoms with van der Waals surface area (Å²) in [6, 6.07) is 3.60. The van der Waals surface area contributed by atoms with E-state index in [-0.39, 0.29) is 10.7 Å². The maximum atomic E-state index is 14.1. The molecule has 110 valence electrons. The first-order valence-corrected chi connectivity index (χ1v) is 6.12. The van der Waals surface area contributed by atoms with Gasteiger partial charge in [0.2, 0.25) is 0 Å². The fourth-order valence-electron chi connectivity index (χ4n) is 2.25. The summed E-state index contributed by atoms with van der Waals surface area (Å²) in [5, 5.41) is 28.6. The van der Waals surface area contributed by atoms with Gasteiger partial charge in [0, 0.05) is 23.6 Å². The Hall–Kier alpha value is -1.44. The van der Waals surface area contributed by atoms with Crippen molar-refractivity contribution in [2.24, 2.45) is 0 Å². The zero-order chi connectivity index (χ0) is 15.1. The average molecular weight is 308 g/mol. The van der Waals surface area contributed by atoms with Crippen molar-refractivity contribution in [3.05, 3.63) is 28.8 Å². The molecule has 0 saturated carbocycles. The summed E-state index contributed by atoms with van der Waals surface area (Å²) in [5.41, 5.74) is -3.40. The van der Waals surface area contributed by atoms with Crippen molar-refractivity contribution in [1.82, 2.24) is 0 Å². The number of nitrogens with zero attached hydrogens (tertiary/aromatic N) is 1. The van der Waals surface area contributed by atoms with E-state index in [1.807, 2.05) is 0 Å². The van der Waals surface area contributed by atoms with E-state index in [1.165, 1.54) is 12.1 Å². The highest BCUT2D eigenvalue weighted by Gasteiger charge is 2.56. The number of amides is 1. The summed E-state index contributed by atoms with van der Waals surface area (Å²) < 4.78 is 28.2. The van der Waals surface area contributed by atoms with Gasteiger partial charge in [-0.15, -0.1) is 0 Å². The lowest BCUT2D eigenvalue weighted by Gasteiger charge is -2.33. The Morgan fingerprint density at radius 3 is 2.65 bits per heavy atom. The van der Waals surface area contributed by atoms with Gasteiger partial charge in [0.05, 0.1) is 12.3 Å². The van der Waals surface area contributed by atoms with Crippen LogP contribution in [0.2, 0.25) is 5.02 Å². The van der Waals surface area contributed by atoms with Crippen LogP contribution < -0.4 is 4.90 Å². The third-order valence-electron chi connectivity index (χ3n) is 3.41. The van der Waals surface area contributed by atoms with Gasteiger partial charge in [-0.2, -0.15) is 0 Å². The Morgan fingerprint density at radius 1 is 1.45 bits per heavy atom. The van der Waals surface area contributed by atoms with E-state index < -0.39 is 42.8 Å². The van der Waals surface area contributed by atoms with Crippen molar-refractivity contribution in [2.45, 2.75) is 17.9 Å². The minimum atomic E-state index is -3.69. The predicted octanol–water partition coefficient (Wildman–Crippen LogP) is 2.04. The highest BCUT2D eigenvalue weighted by atomic mass is 35.5. The normalized spacial score (nSPS) is 24.9. The van der Waals surface area contributed by atoms with Crippen LogP contribution in [-0.2, 0) is 5.60 Å². The van der Waals surface area contributed by atoms with Crippen molar-refractivity contribution >= 4 is 23.4 Å². The maximum absolute atomic E-state index is 14.1. The number of rotatable bonds is 1. The van der Waals surface area contributed by atoms with Crippen molar-refractivity contribution in [3.63, 3.8) is 0 Å². The fraction of sp³-hybridized carbons (Fsp3) is 0.417. The number of aliphatic hydroxyl groups excluding tert-OH is 1. The Bertz CT molecular complexity index is 554. The number of carbonyl (C=O) groups is 1. The molecule has 1 heterocycles. The molecule has 1 aliphatic rings. The first kappa shape index (κ1) is 15.0. The summed E-state index contributed by atoms with van der Waals surface area (Å²) in [7, 11) is 0. The smallest absolute Gasteiger partial charge is 0.411 e. The fourth-order valence-corrected chi connectivity index (χ4v) is 2.42. The zero-order valence-corrected chi connectivity index (χ0v) is 10.9. The van der Waals surface area contributed by atoms with Gasteiger partial charge >= 0.3 is 6.09 Å². The number of hydrogen-bond acceptors (Lipinski definition) is 3. The van der Waals surface area contributed by atoms with Crippen molar-refractivity contribution in [2.75, 3.05) is 18.1 Å². The molecule has 0 spiro atoms. The zero-order valence-electron chi connectivity index (χ0n) is 10.2. The third kappa shape index (κ3) is 2.11. The van der Waals surface area contributed by atoms with Gasteiger partial charge in [0.15, 0.2) is 5.60 Å². The molecule has 0 saturated heterocycles. The number of fused-ring (bicyclic) bond motifs is 1. The first-order valence-electron chi connectivity index (χ1n) is 5.74. The summed E-state index contributed by atoms with van der Waals surface area (Å²) in [4.78, 5) is 11.9. The van der Waals surface area contributed by atoms with E-state index in [9.17, 15) is 23.8 Å². The second-order valence-electron chi connectivity index (χ2n) is 4.57. The quantitative estimate of drug-likeness (QED) is 0.741. The number of anilines is 1. The van der Waals surface area contributed by atoms with Crippen LogP contribution in [0.15, 0.2) is 18.2 Å². The van der Waals surface area contributed by atoms with Crippen LogP contribution in [0.3, 0.4) is 0 Å². The lowest BCUT2D eigenvalue weighted by atomic mass is 9.86. The van der Waals surface area contributed by atoms with E-state index >= 15 is 0 Å². The van der Waals surface area contributed by atoms with Crippen LogP contribution in [0.5, 0.6) is 0 Å². The molecule has 1 aromatic carbocycles. The number of carboxylic acid groups (broad SMARTS) is 1. The van der Waals surface area contributed by atoms with Gasteiger partial charge in [-0.1, -0.05) is 11.6 Å². The van der Waals surface area contributed by atoms with E-state index in [2.05, 4.69) is 0 Å². The molecular formula is C12H12ClF2NO4. The molecule has 5 nitrogen and oxygen atoms in total. The maximum Gasteiger partial charge on any atom is 0.411 e. The molecule has 1 atom stereocenters. The average Bonchev–Trinajstić information content (AvgIpc) is 2.45. The molecule has 1 aromatic rings. The molecule has 20 heavy (non-hydrogen) atoms. The number of aliphatic hydroxyl groups is 2. The first-order chi connectivity index (χ1) is 9.23. The molecular weight excluding hydrogens is 296 g/mol. The molecule has 0 aromatic heterocycles. The van der Waals surface area contributed by atoms with Crippen LogP contribution in [0, 0.1) is 0 Å². The Labute approximate surface area is 118 Å². The molecule has 0 bridgehead atoms. The number of halogens is 3. The lowest BCUT2D eigenvalue weighted by Crippen LogP contribution is -2.48.